The van der Waals surface area contributed by atoms with Crippen molar-refractivity contribution in [3.63, 3.8) is 0 Å². The number of nitrogens with zero attached hydrogens (tertiary/aromatic N) is 2. The molecule has 1 unspecified atom stereocenters. The molecular weight excluding hydrogens is 218 g/mol. The smallest absolute Gasteiger partial charge is 0.170 e. The standard InChI is InChI=1S/C8H15N3OS2/c1-3-7-10-8(14-11-7)13-5-6(9)4-12-2/h6H,3-5,9H2,1-2H3. The van der Waals surface area contributed by atoms with Gasteiger partial charge in [0.15, 0.2) is 4.34 Å². The fourth-order valence-corrected chi connectivity index (χ4v) is 2.53. The summed E-state index contributed by atoms with van der Waals surface area (Å²) in [6.07, 6.45) is 0.890. The first-order valence-electron chi connectivity index (χ1n) is 4.46. The molecule has 1 aromatic heterocycles. The van der Waals surface area contributed by atoms with Crippen LogP contribution in [-0.2, 0) is 11.2 Å². The Morgan fingerprint density at radius 2 is 2.43 bits per heavy atom. The van der Waals surface area contributed by atoms with E-state index in [2.05, 4.69) is 9.36 Å². The Kier molecular flexibility index (Phi) is 5.39. The van der Waals surface area contributed by atoms with Crippen LogP contribution >= 0.6 is 23.3 Å². The van der Waals surface area contributed by atoms with Gasteiger partial charge < -0.3 is 10.5 Å². The van der Waals surface area contributed by atoms with E-state index in [4.69, 9.17) is 10.5 Å². The number of thioether (sulfide) groups is 1. The lowest BCUT2D eigenvalue weighted by Crippen LogP contribution is -2.27. The minimum absolute atomic E-state index is 0.0685. The zero-order chi connectivity index (χ0) is 10.4. The van der Waals surface area contributed by atoms with E-state index in [0.717, 1.165) is 22.3 Å². The van der Waals surface area contributed by atoms with Gasteiger partial charge in [0, 0.05) is 25.3 Å². The third-order valence-electron chi connectivity index (χ3n) is 1.57. The average Bonchev–Trinajstić information content (AvgIpc) is 2.63. The molecule has 14 heavy (non-hydrogen) atoms. The highest BCUT2D eigenvalue weighted by atomic mass is 32.2. The van der Waals surface area contributed by atoms with Crippen molar-refractivity contribution in [2.45, 2.75) is 23.7 Å². The van der Waals surface area contributed by atoms with Crippen LogP contribution in [0, 0.1) is 0 Å². The molecule has 4 nitrogen and oxygen atoms in total. The van der Waals surface area contributed by atoms with Gasteiger partial charge in [-0.25, -0.2) is 4.98 Å². The molecule has 80 valence electrons. The maximum atomic E-state index is 5.78. The van der Waals surface area contributed by atoms with Gasteiger partial charge >= 0.3 is 0 Å². The van der Waals surface area contributed by atoms with E-state index in [0.29, 0.717) is 6.61 Å². The molecule has 0 aliphatic carbocycles. The Bertz CT molecular complexity index is 267. The summed E-state index contributed by atoms with van der Waals surface area (Å²) < 4.78 is 10.1. The number of ether oxygens (including phenoxy) is 1. The lowest BCUT2D eigenvalue weighted by atomic mass is 10.4. The number of nitrogens with two attached hydrogens (primary N) is 1. The van der Waals surface area contributed by atoms with E-state index in [1.54, 1.807) is 18.9 Å². The zero-order valence-corrected chi connectivity index (χ0v) is 10.0. The topological polar surface area (TPSA) is 61.0 Å². The van der Waals surface area contributed by atoms with Crippen LogP contribution in [0.5, 0.6) is 0 Å². The Morgan fingerprint density at radius 1 is 1.64 bits per heavy atom. The molecule has 0 amide bonds. The summed E-state index contributed by atoms with van der Waals surface area (Å²) in [6.45, 7) is 2.64. The highest BCUT2D eigenvalue weighted by Gasteiger charge is 2.06. The van der Waals surface area contributed by atoms with E-state index < -0.39 is 0 Å². The summed E-state index contributed by atoms with van der Waals surface area (Å²) in [7, 11) is 1.66. The van der Waals surface area contributed by atoms with Crippen molar-refractivity contribution in [2.75, 3.05) is 19.5 Å². The van der Waals surface area contributed by atoms with Gasteiger partial charge in [0.2, 0.25) is 0 Å². The van der Waals surface area contributed by atoms with Crippen molar-refractivity contribution in [3.8, 4) is 0 Å². The van der Waals surface area contributed by atoms with Gasteiger partial charge in [-0.2, -0.15) is 4.37 Å². The van der Waals surface area contributed by atoms with Gasteiger partial charge in [0.05, 0.1) is 6.61 Å². The van der Waals surface area contributed by atoms with E-state index in [1.807, 2.05) is 6.92 Å². The van der Waals surface area contributed by atoms with Crippen LogP contribution in [0.15, 0.2) is 4.34 Å². The van der Waals surface area contributed by atoms with Gasteiger partial charge in [0.25, 0.3) is 0 Å². The SMILES string of the molecule is CCc1nsc(SCC(N)COC)n1. The quantitative estimate of drug-likeness (QED) is 0.747. The predicted octanol–water partition coefficient (Wildman–Crippen LogP) is 1.17. The number of hydrogen-bond acceptors (Lipinski definition) is 6. The summed E-state index contributed by atoms with van der Waals surface area (Å²) in [5.41, 5.74) is 5.78. The number of methoxy groups -OCH3 is 1. The fraction of sp³-hybridized carbons (Fsp3) is 0.750. The summed E-state index contributed by atoms with van der Waals surface area (Å²) in [4.78, 5) is 4.33. The first-order chi connectivity index (χ1) is 6.76. The summed E-state index contributed by atoms with van der Waals surface area (Å²) >= 11 is 3.08. The molecule has 0 saturated carbocycles. The highest BCUT2D eigenvalue weighted by Crippen LogP contribution is 2.20. The molecule has 0 bridgehead atoms. The van der Waals surface area contributed by atoms with Gasteiger partial charge in [-0.05, 0) is 11.5 Å². The molecule has 0 radical (unpaired) electrons. The van der Waals surface area contributed by atoms with Crippen molar-refractivity contribution >= 4 is 23.3 Å². The zero-order valence-electron chi connectivity index (χ0n) is 8.40. The lowest BCUT2D eigenvalue weighted by Gasteiger charge is -2.07. The molecule has 1 heterocycles. The minimum atomic E-state index is 0.0685. The largest absolute Gasteiger partial charge is 0.383 e. The molecule has 0 aliphatic heterocycles. The molecular formula is C8H15N3OS2. The van der Waals surface area contributed by atoms with Crippen LogP contribution in [0.1, 0.15) is 12.7 Å². The van der Waals surface area contributed by atoms with E-state index in [9.17, 15) is 0 Å². The molecule has 6 heteroatoms. The van der Waals surface area contributed by atoms with Gasteiger partial charge in [0.1, 0.15) is 5.82 Å². The second-order valence-corrected chi connectivity index (χ2v) is 4.88. The van der Waals surface area contributed by atoms with Crippen molar-refractivity contribution < 1.29 is 4.74 Å². The van der Waals surface area contributed by atoms with Crippen LogP contribution in [0.3, 0.4) is 0 Å². The van der Waals surface area contributed by atoms with E-state index >= 15 is 0 Å². The third-order valence-corrected chi connectivity index (χ3v) is 3.63. The Hall–Kier alpha value is -0.170. The molecule has 2 N–H and O–H groups in total. The van der Waals surface area contributed by atoms with Crippen molar-refractivity contribution in [2.24, 2.45) is 5.73 Å². The Morgan fingerprint density at radius 3 is 3.00 bits per heavy atom. The Labute approximate surface area is 92.4 Å². The molecule has 1 aromatic rings. The van der Waals surface area contributed by atoms with Crippen LogP contribution in [0.4, 0.5) is 0 Å². The van der Waals surface area contributed by atoms with Gasteiger partial charge in [-0.3, -0.25) is 0 Å². The van der Waals surface area contributed by atoms with E-state index in [1.165, 1.54) is 11.5 Å². The van der Waals surface area contributed by atoms with Crippen molar-refractivity contribution in [1.82, 2.24) is 9.36 Å². The normalized spacial score (nSPS) is 13.1. The first kappa shape index (κ1) is 11.9. The van der Waals surface area contributed by atoms with Crippen molar-refractivity contribution in [1.29, 1.82) is 0 Å². The molecule has 0 aliphatic rings. The number of aromatic nitrogens is 2. The number of rotatable bonds is 6. The van der Waals surface area contributed by atoms with Crippen molar-refractivity contribution in [3.05, 3.63) is 5.82 Å². The minimum Gasteiger partial charge on any atom is -0.383 e. The second-order valence-electron chi connectivity index (χ2n) is 2.86. The van der Waals surface area contributed by atoms with Gasteiger partial charge in [-0.15, -0.1) is 0 Å². The molecule has 0 saturated heterocycles. The molecule has 1 atom stereocenters. The molecule has 0 spiro atoms. The molecule has 1 rings (SSSR count). The van der Waals surface area contributed by atoms with Crippen LogP contribution in [0.2, 0.25) is 0 Å². The van der Waals surface area contributed by atoms with Crippen LogP contribution in [0.25, 0.3) is 0 Å². The van der Waals surface area contributed by atoms with Crippen LogP contribution < -0.4 is 5.73 Å². The monoisotopic (exact) mass is 233 g/mol. The molecule has 0 fully saturated rings. The molecule has 0 aromatic carbocycles. The highest BCUT2D eigenvalue weighted by molar-refractivity contribution is 8.00. The summed E-state index contributed by atoms with van der Waals surface area (Å²) in [5, 5.41) is 0. The average molecular weight is 233 g/mol. The number of hydrogen-bond donors (Lipinski definition) is 1. The van der Waals surface area contributed by atoms with E-state index in [-0.39, 0.29) is 6.04 Å². The second kappa shape index (κ2) is 6.34. The van der Waals surface area contributed by atoms with Gasteiger partial charge in [-0.1, -0.05) is 18.7 Å². The number of aryl methyl sites for hydroxylation is 1. The predicted molar refractivity (Wildman–Crippen MR) is 59.9 cm³/mol. The maximum absolute atomic E-state index is 5.78. The Balaban J connectivity index is 2.30. The van der Waals surface area contributed by atoms with Crippen LogP contribution in [-0.4, -0.2) is 34.9 Å². The lowest BCUT2D eigenvalue weighted by molar-refractivity contribution is 0.186. The summed E-state index contributed by atoms with van der Waals surface area (Å²) in [5.74, 6) is 1.74. The fourth-order valence-electron chi connectivity index (χ4n) is 0.881. The first-order valence-corrected chi connectivity index (χ1v) is 6.22. The summed E-state index contributed by atoms with van der Waals surface area (Å²) in [6, 6.07) is 0.0685. The third kappa shape index (κ3) is 3.91. The maximum Gasteiger partial charge on any atom is 0.170 e.